The highest BCUT2D eigenvalue weighted by Crippen LogP contribution is 2.32. The maximum atomic E-state index is 11.9. The van der Waals surface area contributed by atoms with Gasteiger partial charge in [-0.25, -0.2) is 0 Å². The summed E-state index contributed by atoms with van der Waals surface area (Å²) < 4.78 is 5.30. The average Bonchev–Trinajstić information content (AvgIpc) is 2.88. The molecule has 1 fully saturated rings. The number of nitrogens with two attached hydrogens (primary N) is 1. The summed E-state index contributed by atoms with van der Waals surface area (Å²) in [6.45, 7) is 4.34. The van der Waals surface area contributed by atoms with Crippen LogP contribution in [-0.4, -0.2) is 24.5 Å². The smallest absolute Gasteiger partial charge is 0.254 e. The van der Waals surface area contributed by atoms with Crippen molar-refractivity contribution >= 4 is 28.2 Å². The lowest BCUT2D eigenvalue weighted by Gasteiger charge is -2.09. The normalized spacial score (nSPS) is 18.9. The van der Waals surface area contributed by atoms with Crippen LogP contribution in [0.3, 0.4) is 0 Å². The molecule has 1 aliphatic rings. The van der Waals surface area contributed by atoms with Crippen LogP contribution < -0.4 is 11.1 Å². The van der Waals surface area contributed by atoms with Crippen LogP contribution in [0, 0.1) is 13.8 Å². The predicted molar refractivity (Wildman–Crippen MR) is 69.9 cm³/mol. The van der Waals surface area contributed by atoms with E-state index in [9.17, 15) is 9.59 Å². The summed E-state index contributed by atoms with van der Waals surface area (Å²) in [4.78, 5) is 24.3. The van der Waals surface area contributed by atoms with Gasteiger partial charge in [-0.3, -0.25) is 9.59 Å². The molecule has 0 radical (unpaired) electrons. The highest BCUT2D eigenvalue weighted by Gasteiger charge is 2.26. The summed E-state index contributed by atoms with van der Waals surface area (Å²) in [5, 5.41) is 3.28. The number of thiophene rings is 1. The maximum Gasteiger partial charge on any atom is 0.254 e. The minimum Gasteiger partial charge on any atom is -0.368 e. The number of amides is 2. The minimum atomic E-state index is -0.514. The third kappa shape index (κ3) is 2.39. The number of anilines is 1. The van der Waals surface area contributed by atoms with Crippen LogP contribution in [-0.2, 0) is 9.53 Å². The molecule has 18 heavy (non-hydrogen) atoms. The number of ether oxygens (including phenoxy) is 1. The second-order valence-corrected chi connectivity index (χ2v) is 5.57. The largest absolute Gasteiger partial charge is 0.368 e. The molecule has 0 bridgehead atoms. The number of aryl methyl sites for hydroxylation is 1. The van der Waals surface area contributed by atoms with Crippen molar-refractivity contribution in [1.29, 1.82) is 0 Å². The Morgan fingerprint density at radius 3 is 2.72 bits per heavy atom. The van der Waals surface area contributed by atoms with Gasteiger partial charge in [0.25, 0.3) is 11.8 Å². The highest BCUT2D eigenvalue weighted by atomic mass is 32.1. The molecule has 1 aliphatic heterocycles. The molecule has 5 nitrogen and oxygen atoms in total. The first-order valence-corrected chi connectivity index (χ1v) is 6.64. The van der Waals surface area contributed by atoms with Gasteiger partial charge in [-0.2, -0.15) is 0 Å². The Balaban J connectivity index is 2.20. The van der Waals surface area contributed by atoms with Crippen LogP contribution in [0.1, 0.15) is 33.6 Å². The Morgan fingerprint density at radius 2 is 2.17 bits per heavy atom. The van der Waals surface area contributed by atoms with Gasteiger partial charge in [0.05, 0.1) is 5.56 Å². The lowest BCUT2D eigenvalue weighted by atomic mass is 10.1. The molecule has 1 atom stereocenters. The molecule has 0 unspecified atom stereocenters. The van der Waals surface area contributed by atoms with Crippen molar-refractivity contribution in [2.45, 2.75) is 32.8 Å². The fraction of sp³-hybridized carbons (Fsp3) is 0.500. The average molecular weight is 268 g/mol. The number of carbonyl (C=O) groups is 2. The van der Waals surface area contributed by atoms with Crippen LogP contribution >= 0.6 is 11.3 Å². The van der Waals surface area contributed by atoms with E-state index in [1.54, 1.807) is 0 Å². The molecular formula is C12H16N2O3S. The van der Waals surface area contributed by atoms with E-state index in [-0.39, 0.29) is 5.91 Å². The summed E-state index contributed by atoms with van der Waals surface area (Å²) in [5.74, 6) is -0.712. The second-order valence-electron chi connectivity index (χ2n) is 4.34. The zero-order valence-corrected chi connectivity index (χ0v) is 11.2. The molecule has 3 N–H and O–H groups in total. The molecule has 0 spiro atoms. The van der Waals surface area contributed by atoms with Gasteiger partial charge >= 0.3 is 0 Å². The van der Waals surface area contributed by atoms with Crippen molar-refractivity contribution in [2.75, 3.05) is 11.9 Å². The number of primary amides is 1. The Bertz CT molecular complexity index is 490. The van der Waals surface area contributed by atoms with E-state index in [1.807, 2.05) is 13.8 Å². The van der Waals surface area contributed by atoms with E-state index in [1.165, 1.54) is 11.3 Å². The molecule has 2 heterocycles. The summed E-state index contributed by atoms with van der Waals surface area (Å²) in [6, 6.07) is 0. The van der Waals surface area contributed by atoms with Crippen molar-refractivity contribution in [2.24, 2.45) is 5.73 Å². The maximum absolute atomic E-state index is 11.9. The lowest BCUT2D eigenvalue weighted by molar-refractivity contribution is -0.124. The zero-order chi connectivity index (χ0) is 13.3. The van der Waals surface area contributed by atoms with E-state index in [4.69, 9.17) is 10.5 Å². The summed E-state index contributed by atoms with van der Waals surface area (Å²) in [5.41, 5.74) is 6.58. The SMILES string of the molecule is Cc1sc(NC(=O)[C@@H]2CCCO2)c(C(N)=O)c1C. The van der Waals surface area contributed by atoms with Crippen molar-refractivity contribution in [3.8, 4) is 0 Å². The summed E-state index contributed by atoms with van der Waals surface area (Å²) in [6.07, 6.45) is 1.21. The van der Waals surface area contributed by atoms with Gasteiger partial charge < -0.3 is 15.8 Å². The molecule has 1 saturated heterocycles. The van der Waals surface area contributed by atoms with Crippen molar-refractivity contribution in [3.63, 3.8) is 0 Å². The monoisotopic (exact) mass is 268 g/mol. The second kappa shape index (κ2) is 5.07. The van der Waals surface area contributed by atoms with Crippen LogP contribution in [0.5, 0.6) is 0 Å². The summed E-state index contributed by atoms with van der Waals surface area (Å²) in [7, 11) is 0. The first-order chi connectivity index (χ1) is 8.50. The van der Waals surface area contributed by atoms with Crippen molar-refractivity contribution in [1.82, 2.24) is 0 Å². The molecule has 0 aliphatic carbocycles. The van der Waals surface area contributed by atoms with Crippen molar-refractivity contribution in [3.05, 3.63) is 16.0 Å². The Labute approximate surface area is 109 Å². The number of hydrogen-bond donors (Lipinski definition) is 2. The van der Waals surface area contributed by atoms with E-state index in [0.717, 1.165) is 23.3 Å². The Kier molecular flexibility index (Phi) is 3.68. The molecule has 6 heteroatoms. The van der Waals surface area contributed by atoms with Crippen LogP contribution in [0.2, 0.25) is 0 Å². The molecule has 1 aromatic heterocycles. The van der Waals surface area contributed by atoms with Crippen LogP contribution in [0.25, 0.3) is 0 Å². The first kappa shape index (κ1) is 13.0. The quantitative estimate of drug-likeness (QED) is 0.873. The van der Waals surface area contributed by atoms with Gasteiger partial charge in [-0.15, -0.1) is 11.3 Å². The van der Waals surface area contributed by atoms with Crippen LogP contribution in [0.15, 0.2) is 0 Å². The fourth-order valence-electron chi connectivity index (χ4n) is 1.99. The molecule has 1 aromatic rings. The Morgan fingerprint density at radius 1 is 1.44 bits per heavy atom. The first-order valence-electron chi connectivity index (χ1n) is 5.83. The zero-order valence-electron chi connectivity index (χ0n) is 10.4. The number of carbonyl (C=O) groups excluding carboxylic acids is 2. The van der Waals surface area contributed by atoms with Gasteiger partial charge in [0, 0.05) is 11.5 Å². The van der Waals surface area contributed by atoms with E-state index < -0.39 is 12.0 Å². The van der Waals surface area contributed by atoms with Crippen molar-refractivity contribution < 1.29 is 14.3 Å². The van der Waals surface area contributed by atoms with Gasteiger partial charge in [-0.1, -0.05) is 0 Å². The summed E-state index contributed by atoms with van der Waals surface area (Å²) >= 11 is 1.37. The van der Waals surface area contributed by atoms with Gasteiger partial charge in [-0.05, 0) is 32.3 Å². The topological polar surface area (TPSA) is 81.4 Å². The molecule has 2 rings (SSSR count). The Hall–Kier alpha value is -1.40. The number of hydrogen-bond acceptors (Lipinski definition) is 4. The fourth-order valence-corrected chi connectivity index (χ4v) is 3.06. The van der Waals surface area contributed by atoms with Gasteiger partial charge in [0.1, 0.15) is 11.1 Å². The third-order valence-electron chi connectivity index (χ3n) is 3.09. The predicted octanol–water partition coefficient (Wildman–Crippen LogP) is 1.58. The standard InChI is InChI=1S/C12H16N2O3S/c1-6-7(2)18-12(9(6)10(13)15)14-11(16)8-4-3-5-17-8/h8H,3-5H2,1-2H3,(H2,13,15)(H,14,16)/t8-/m0/s1. The molecule has 2 amide bonds. The molecule has 0 saturated carbocycles. The third-order valence-corrected chi connectivity index (χ3v) is 4.21. The highest BCUT2D eigenvalue weighted by molar-refractivity contribution is 7.16. The lowest BCUT2D eigenvalue weighted by Crippen LogP contribution is -2.27. The van der Waals surface area contributed by atoms with Crippen LogP contribution in [0.4, 0.5) is 5.00 Å². The molecule has 98 valence electrons. The molecular weight excluding hydrogens is 252 g/mol. The number of nitrogens with one attached hydrogen (secondary N) is 1. The minimum absolute atomic E-state index is 0.198. The molecule has 0 aromatic carbocycles. The van der Waals surface area contributed by atoms with E-state index in [0.29, 0.717) is 17.2 Å². The van der Waals surface area contributed by atoms with Gasteiger partial charge in [0.2, 0.25) is 0 Å². The number of rotatable bonds is 3. The van der Waals surface area contributed by atoms with E-state index >= 15 is 0 Å². The van der Waals surface area contributed by atoms with Gasteiger partial charge in [0.15, 0.2) is 0 Å². The van der Waals surface area contributed by atoms with E-state index in [2.05, 4.69) is 5.32 Å².